The molecule has 0 spiro atoms. The van der Waals surface area contributed by atoms with Crippen molar-refractivity contribution in [3.05, 3.63) is 64.7 Å². The lowest BCUT2D eigenvalue weighted by atomic mass is 10.1. The van der Waals surface area contributed by atoms with Gasteiger partial charge in [0, 0.05) is 52.5 Å². The van der Waals surface area contributed by atoms with Gasteiger partial charge in [-0.25, -0.2) is 0 Å². The summed E-state index contributed by atoms with van der Waals surface area (Å²) in [6.07, 6.45) is 0.808. The van der Waals surface area contributed by atoms with Gasteiger partial charge in [-0.2, -0.15) is 0 Å². The Morgan fingerprint density at radius 3 is 2.54 bits per heavy atom. The molecule has 2 aromatic carbocycles. The van der Waals surface area contributed by atoms with E-state index in [0.29, 0.717) is 12.1 Å². The number of carbonyl (C=O) groups excluding carboxylic acids is 1. The molecule has 0 aliphatic carbocycles. The van der Waals surface area contributed by atoms with Crippen LogP contribution in [0.25, 0.3) is 0 Å². The van der Waals surface area contributed by atoms with Crippen LogP contribution in [0, 0.1) is 6.92 Å². The minimum atomic E-state index is -0.0667. The predicted molar refractivity (Wildman–Crippen MR) is 117 cm³/mol. The summed E-state index contributed by atoms with van der Waals surface area (Å²) in [5.41, 5.74) is 5.48. The molecule has 0 radical (unpaired) electrons. The number of hydrogen-bond acceptors (Lipinski definition) is 3. The van der Waals surface area contributed by atoms with Crippen LogP contribution in [-0.2, 0) is 13.0 Å². The van der Waals surface area contributed by atoms with E-state index in [0.717, 1.165) is 24.5 Å². The number of aryl methyl sites for hydroxylation is 1. The van der Waals surface area contributed by atoms with Gasteiger partial charge in [0.1, 0.15) is 0 Å². The van der Waals surface area contributed by atoms with Crippen LogP contribution in [0.5, 0.6) is 0 Å². The molecule has 0 atom stereocenters. The van der Waals surface area contributed by atoms with Crippen molar-refractivity contribution >= 4 is 17.6 Å². The van der Waals surface area contributed by atoms with Crippen molar-refractivity contribution in [1.29, 1.82) is 0 Å². The number of benzene rings is 2. The monoisotopic (exact) mass is 381 g/mol. The second kappa shape index (κ2) is 10.3. The van der Waals surface area contributed by atoms with Crippen LogP contribution in [0.4, 0.5) is 5.69 Å². The van der Waals surface area contributed by atoms with E-state index in [1.165, 1.54) is 16.8 Å². The fourth-order valence-corrected chi connectivity index (χ4v) is 2.89. The number of carbonyl (C=O) groups is 1. The highest BCUT2D eigenvalue weighted by Crippen LogP contribution is 2.17. The van der Waals surface area contributed by atoms with Crippen molar-refractivity contribution in [2.45, 2.75) is 19.9 Å². The number of guanidine groups is 1. The Balaban J connectivity index is 1.86. The number of nitrogens with zero attached hydrogens (tertiary/aromatic N) is 2. The molecule has 2 rings (SSSR count). The molecule has 6 heteroatoms. The van der Waals surface area contributed by atoms with Crippen LogP contribution < -0.4 is 20.9 Å². The minimum Gasteiger partial charge on any atom is -0.378 e. The summed E-state index contributed by atoms with van der Waals surface area (Å²) in [6, 6.07) is 14.1. The van der Waals surface area contributed by atoms with Crippen LogP contribution in [0.1, 0.15) is 27.0 Å². The minimum absolute atomic E-state index is 0.0667. The number of nitrogens with one attached hydrogen (secondary N) is 3. The van der Waals surface area contributed by atoms with Crippen molar-refractivity contribution in [1.82, 2.24) is 16.0 Å². The van der Waals surface area contributed by atoms with E-state index in [2.05, 4.69) is 51.0 Å². The zero-order valence-electron chi connectivity index (χ0n) is 17.5. The van der Waals surface area contributed by atoms with E-state index in [4.69, 9.17) is 0 Å². The Morgan fingerprint density at radius 2 is 1.89 bits per heavy atom. The summed E-state index contributed by atoms with van der Waals surface area (Å²) in [6.45, 7) is 3.57. The molecule has 0 fully saturated rings. The van der Waals surface area contributed by atoms with Gasteiger partial charge in [-0.05, 0) is 54.3 Å². The first kappa shape index (κ1) is 21.3. The molecule has 0 saturated heterocycles. The summed E-state index contributed by atoms with van der Waals surface area (Å²) in [7, 11) is 7.50. The summed E-state index contributed by atoms with van der Waals surface area (Å²) in [4.78, 5) is 18.1. The maximum atomic E-state index is 11.7. The van der Waals surface area contributed by atoms with Gasteiger partial charge in [0.15, 0.2) is 5.96 Å². The van der Waals surface area contributed by atoms with Gasteiger partial charge < -0.3 is 20.9 Å². The molecule has 0 unspecified atom stereocenters. The molecule has 2 aromatic rings. The highest BCUT2D eigenvalue weighted by atomic mass is 16.1. The molecule has 0 aromatic heterocycles. The average molecular weight is 382 g/mol. The molecule has 1 amide bonds. The largest absolute Gasteiger partial charge is 0.378 e. The van der Waals surface area contributed by atoms with Gasteiger partial charge >= 0.3 is 0 Å². The van der Waals surface area contributed by atoms with E-state index in [1.807, 2.05) is 38.4 Å². The van der Waals surface area contributed by atoms with Crippen molar-refractivity contribution in [3.63, 3.8) is 0 Å². The van der Waals surface area contributed by atoms with Crippen LogP contribution in [0.3, 0.4) is 0 Å². The first-order valence-corrected chi connectivity index (χ1v) is 9.47. The third-order valence-corrected chi connectivity index (χ3v) is 4.63. The highest BCUT2D eigenvalue weighted by molar-refractivity contribution is 5.94. The topological polar surface area (TPSA) is 68.8 Å². The average Bonchev–Trinajstić information content (AvgIpc) is 2.70. The second-order valence-corrected chi connectivity index (χ2v) is 6.89. The molecule has 6 nitrogen and oxygen atoms in total. The highest BCUT2D eigenvalue weighted by Gasteiger charge is 2.05. The van der Waals surface area contributed by atoms with Crippen LogP contribution in [0.15, 0.2) is 47.5 Å². The smallest absolute Gasteiger partial charge is 0.251 e. The maximum absolute atomic E-state index is 11.7. The van der Waals surface area contributed by atoms with Gasteiger partial charge in [-0.1, -0.05) is 18.2 Å². The number of rotatable bonds is 7. The molecule has 0 heterocycles. The predicted octanol–water partition coefficient (Wildman–Crippen LogP) is 2.33. The Labute approximate surface area is 168 Å². The quantitative estimate of drug-likeness (QED) is 0.509. The second-order valence-electron chi connectivity index (χ2n) is 6.89. The SMILES string of the molecule is CN=C(NCCc1cccc(C(=O)NC)c1)NCc1ccc(N(C)C)cc1C. The van der Waals surface area contributed by atoms with Gasteiger partial charge in [-0.3, -0.25) is 9.79 Å². The summed E-state index contributed by atoms with van der Waals surface area (Å²) < 4.78 is 0. The normalized spacial score (nSPS) is 11.1. The zero-order valence-corrected chi connectivity index (χ0v) is 17.5. The third-order valence-electron chi connectivity index (χ3n) is 4.63. The lowest BCUT2D eigenvalue weighted by Crippen LogP contribution is -2.38. The van der Waals surface area contributed by atoms with E-state index in [-0.39, 0.29) is 5.91 Å². The van der Waals surface area contributed by atoms with Crippen LogP contribution in [0.2, 0.25) is 0 Å². The van der Waals surface area contributed by atoms with Gasteiger partial charge in [0.25, 0.3) is 5.91 Å². The molecule has 3 N–H and O–H groups in total. The van der Waals surface area contributed by atoms with Gasteiger partial charge in [0.05, 0.1) is 0 Å². The summed E-state index contributed by atoms with van der Waals surface area (Å²) in [5.74, 6) is 0.696. The van der Waals surface area contributed by atoms with E-state index < -0.39 is 0 Å². The van der Waals surface area contributed by atoms with Crippen molar-refractivity contribution in [2.24, 2.45) is 4.99 Å². The third kappa shape index (κ3) is 6.01. The molecule has 150 valence electrons. The molecular weight excluding hydrogens is 350 g/mol. The Kier molecular flexibility index (Phi) is 7.87. The van der Waals surface area contributed by atoms with Crippen molar-refractivity contribution in [3.8, 4) is 0 Å². The fourth-order valence-electron chi connectivity index (χ4n) is 2.89. The summed E-state index contributed by atoms with van der Waals surface area (Å²) in [5, 5.41) is 9.34. The number of aliphatic imine (C=N–C) groups is 1. The first-order valence-electron chi connectivity index (χ1n) is 9.47. The van der Waals surface area contributed by atoms with E-state index in [1.54, 1.807) is 14.1 Å². The molecule has 0 aliphatic heterocycles. The van der Waals surface area contributed by atoms with Crippen LogP contribution >= 0.6 is 0 Å². The van der Waals surface area contributed by atoms with Crippen molar-refractivity contribution < 1.29 is 4.79 Å². The lowest BCUT2D eigenvalue weighted by molar-refractivity contribution is 0.0963. The zero-order chi connectivity index (χ0) is 20.5. The van der Waals surface area contributed by atoms with E-state index in [9.17, 15) is 4.79 Å². The number of anilines is 1. The molecule has 0 aliphatic rings. The first-order chi connectivity index (χ1) is 13.4. The van der Waals surface area contributed by atoms with E-state index >= 15 is 0 Å². The van der Waals surface area contributed by atoms with Crippen LogP contribution in [-0.4, -0.2) is 46.6 Å². The Morgan fingerprint density at radius 1 is 1.11 bits per heavy atom. The Bertz CT molecular complexity index is 829. The van der Waals surface area contributed by atoms with Crippen molar-refractivity contribution in [2.75, 3.05) is 39.6 Å². The molecular formula is C22H31N5O. The maximum Gasteiger partial charge on any atom is 0.251 e. The number of hydrogen-bond donors (Lipinski definition) is 3. The molecule has 28 heavy (non-hydrogen) atoms. The molecule has 0 bridgehead atoms. The van der Waals surface area contributed by atoms with Gasteiger partial charge in [-0.15, -0.1) is 0 Å². The Hall–Kier alpha value is -3.02. The lowest BCUT2D eigenvalue weighted by Gasteiger charge is -2.16. The standard InChI is InChI=1S/C22H31N5O/c1-16-13-20(27(4)5)10-9-19(16)15-26-22(24-3)25-12-11-17-7-6-8-18(14-17)21(28)23-2/h6-10,13-14H,11-12,15H2,1-5H3,(H,23,28)(H2,24,25,26). The molecule has 0 saturated carbocycles. The number of amides is 1. The fraction of sp³-hybridized carbons (Fsp3) is 0.364. The van der Waals surface area contributed by atoms with Gasteiger partial charge in [0.2, 0.25) is 0 Å². The summed E-state index contributed by atoms with van der Waals surface area (Å²) >= 11 is 0.